The molecule has 9 heteroatoms. The third kappa shape index (κ3) is 6.49. The Hall–Kier alpha value is -0.800. The van der Waals surface area contributed by atoms with Gasteiger partial charge in [-0.2, -0.15) is 0 Å². The van der Waals surface area contributed by atoms with E-state index < -0.39 is 18.9 Å². The fourth-order valence-corrected chi connectivity index (χ4v) is 2.61. The third-order valence-electron chi connectivity index (χ3n) is 1.44. The predicted molar refractivity (Wildman–Crippen MR) is 56.2 cm³/mol. The van der Waals surface area contributed by atoms with E-state index in [4.69, 9.17) is 5.11 Å². The number of nitrogens with zero attached hydrogens (tertiary/aromatic N) is 1. The van der Waals surface area contributed by atoms with Gasteiger partial charge in [0.1, 0.15) is 4.34 Å². The van der Waals surface area contributed by atoms with Crippen LogP contribution in [-0.4, -0.2) is 34.8 Å². The molecule has 0 fully saturated rings. The van der Waals surface area contributed by atoms with Crippen molar-refractivity contribution in [2.45, 2.75) is 17.1 Å². The van der Waals surface area contributed by atoms with Crippen LogP contribution in [0.1, 0.15) is 5.69 Å². The molecule has 0 aliphatic heterocycles. The standard InChI is InChI=1S/C8H8F3NO3S2/c9-8(10,11)15-1-2-16-7-12-5(4-17-7)3-6(13)14/h4H,1-3H2,(H,13,14). The van der Waals surface area contributed by atoms with E-state index >= 15 is 0 Å². The fourth-order valence-electron chi connectivity index (χ4n) is 0.877. The van der Waals surface area contributed by atoms with Crippen molar-refractivity contribution in [2.24, 2.45) is 0 Å². The van der Waals surface area contributed by atoms with Crippen LogP contribution in [-0.2, 0) is 16.0 Å². The topological polar surface area (TPSA) is 59.4 Å². The maximum atomic E-state index is 11.6. The Balaban J connectivity index is 2.28. The molecule has 4 nitrogen and oxygen atoms in total. The molecule has 0 amide bonds. The highest BCUT2D eigenvalue weighted by Crippen LogP contribution is 2.24. The van der Waals surface area contributed by atoms with Gasteiger partial charge in [0, 0.05) is 11.1 Å². The van der Waals surface area contributed by atoms with E-state index in [1.165, 1.54) is 11.3 Å². The van der Waals surface area contributed by atoms with E-state index in [2.05, 4.69) is 9.72 Å². The first kappa shape index (κ1) is 14.3. The van der Waals surface area contributed by atoms with E-state index in [1.54, 1.807) is 5.38 Å². The van der Waals surface area contributed by atoms with Crippen LogP contribution >= 0.6 is 23.1 Å². The van der Waals surface area contributed by atoms with Crippen LogP contribution in [0.5, 0.6) is 0 Å². The van der Waals surface area contributed by atoms with Crippen LogP contribution in [0.2, 0.25) is 0 Å². The van der Waals surface area contributed by atoms with Crippen molar-refractivity contribution in [3.63, 3.8) is 0 Å². The van der Waals surface area contributed by atoms with Gasteiger partial charge in [0.15, 0.2) is 0 Å². The maximum Gasteiger partial charge on any atom is 0.522 e. The number of hydrogen-bond acceptors (Lipinski definition) is 5. The molecule has 1 aromatic rings. The second kappa shape index (κ2) is 6.22. The largest absolute Gasteiger partial charge is 0.522 e. The van der Waals surface area contributed by atoms with Gasteiger partial charge in [0.05, 0.1) is 18.7 Å². The normalized spacial score (nSPS) is 11.7. The average Bonchev–Trinajstić information content (AvgIpc) is 2.58. The lowest BCUT2D eigenvalue weighted by Crippen LogP contribution is -2.15. The number of alkyl halides is 3. The number of carbonyl (C=O) groups is 1. The summed E-state index contributed by atoms with van der Waals surface area (Å²) in [6.07, 6.45) is -4.80. The van der Waals surface area contributed by atoms with Crippen molar-refractivity contribution in [3.8, 4) is 0 Å². The first-order chi connectivity index (χ1) is 7.87. The fraction of sp³-hybridized carbons (Fsp3) is 0.500. The van der Waals surface area contributed by atoms with Crippen LogP contribution in [0.3, 0.4) is 0 Å². The number of thioether (sulfide) groups is 1. The lowest BCUT2D eigenvalue weighted by molar-refractivity contribution is -0.322. The van der Waals surface area contributed by atoms with Crippen molar-refractivity contribution in [2.75, 3.05) is 12.4 Å². The molecule has 0 aliphatic carbocycles. The minimum atomic E-state index is -4.61. The first-order valence-electron chi connectivity index (χ1n) is 4.36. The van der Waals surface area contributed by atoms with Crippen molar-refractivity contribution in [1.29, 1.82) is 0 Å². The summed E-state index contributed by atoms with van der Waals surface area (Å²) in [4.78, 5) is 14.3. The molecule has 1 aromatic heterocycles. The lowest BCUT2D eigenvalue weighted by Gasteiger charge is -2.05. The van der Waals surface area contributed by atoms with E-state index in [-0.39, 0.29) is 12.2 Å². The number of rotatable bonds is 6. The number of aromatic nitrogens is 1. The van der Waals surface area contributed by atoms with Crippen LogP contribution < -0.4 is 0 Å². The number of hydrogen-bond donors (Lipinski definition) is 1. The Morgan fingerprint density at radius 3 is 2.88 bits per heavy atom. The molecule has 0 saturated carbocycles. The van der Waals surface area contributed by atoms with Crippen LogP contribution in [0.15, 0.2) is 9.72 Å². The van der Waals surface area contributed by atoms with Crippen LogP contribution in [0, 0.1) is 0 Å². The first-order valence-corrected chi connectivity index (χ1v) is 6.23. The van der Waals surface area contributed by atoms with E-state index in [0.29, 0.717) is 10.0 Å². The van der Waals surface area contributed by atoms with Crippen molar-refractivity contribution < 1.29 is 27.8 Å². The number of carboxylic acids is 1. The van der Waals surface area contributed by atoms with Gasteiger partial charge in [-0.3, -0.25) is 9.53 Å². The number of carboxylic acid groups (broad SMARTS) is 1. The molecular weight excluding hydrogens is 279 g/mol. The van der Waals surface area contributed by atoms with Crippen molar-refractivity contribution in [3.05, 3.63) is 11.1 Å². The minimum Gasteiger partial charge on any atom is -0.481 e. The zero-order chi connectivity index (χ0) is 12.9. The van der Waals surface area contributed by atoms with E-state index in [1.807, 2.05) is 0 Å². The molecular formula is C8H8F3NO3S2. The Labute approximate surface area is 103 Å². The highest BCUT2D eigenvalue weighted by atomic mass is 32.2. The highest BCUT2D eigenvalue weighted by Gasteiger charge is 2.28. The van der Waals surface area contributed by atoms with Gasteiger partial charge in [0.25, 0.3) is 0 Å². The minimum absolute atomic E-state index is 0.111. The number of ether oxygens (including phenoxy) is 1. The SMILES string of the molecule is O=C(O)Cc1csc(SCCOC(F)(F)F)n1. The summed E-state index contributed by atoms with van der Waals surface area (Å²) in [7, 11) is 0. The molecule has 17 heavy (non-hydrogen) atoms. The van der Waals surface area contributed by atoms with Gasteiger partial charge < -0.3 is 5.11 Å². The second-order valence-electron chi connectivity index (χ2n) is 2.82. The summed E-state index contributed by atoms with van der Waals surface area (Å²) in [6, 6.07) is 0. The zero-order valence-corrected chi connectivity index (χ0v) is 9.99. The van der Waals surface area contributed by atoms with E-state index in [9.17, 15) is 18.0 Å². The van der Waals surface area contributed by atoms with Crippen LogP contribution in [0.25, 0.3) is 0 Å². The molecule has 96 valence electrons. The summed E-state index contributed by atoms with van der Waals surface area (Å²) in [5.41, 5.74) is 0.404. The highest BCUT2D eigenvalue weighted by molar-refractivity contribution is 8.01. The Morgan fingerprint density at radius 1 is 1.59 bits per heavy atom. The molecule has 0 aliphatic rings. The van der Waals surface area contributed by atoms with Gasteiger partial charge in [-0.1, -0.05) is 11.8 Å². The number of aliphatic carboxylic acids is 1. The van der Waals surface area contributed by atoms with Gasteiger partial charge in [-0.25, -0.2) is 4.98 Å². The van der Waals surface area contributed by atoms with Gasteiger partial charge in [0.2, 0.25) is 0 Å². The summed E-state index contributed by atoms with van der Waals surface area (Å²) >= 11 is 2.30. The Bertz CT molecular complexity index is 380. The molecule has 0 bridgehead atoms. The molecule has 0 radical (unpaired) electrons. The average molecular weight is 287 g/mol. The predicted octanol–water partition coefficient (Wildman–Crippen LogP) is 2.40. The molecule has 1 heterocycles. The summed E-state index contributed by atoms with van der Waals surface area (Å²) in [5, 5.41) is 10.1. The summed E-state index contributed by atoms with van der Waals surface area (Å²) in [6.45, 7) is -0.456. The van der Waals surface area contributed by atoms with Gasteiger partial charge in [-0.15, -0.1) is 24.5 Å². The van der Waals surface area contributed by atoms with Crippen molar-refractivity contribution in [1.82, 2.24) is 4.98 Å². The van der Waals surface area contributed by atoms with Gasteiger partial charge in [-0.05, 0) is 0 Å². The smallest absolute Gasteiger partial charge is 0.481 e. The maximum absolute atomic E-state index is 11.6. The Kier molecular flexibility index (Phi) is 5.22. The number of halogens is 3. The molecule has 0 aromatic carbocycles. The third-order valence-corrected chi connectivity index (χ3v) is 3.47. The lowest BCUT2D eigenvalue weighted by atomic mass is 10.3. The monoisotopic (exact) mass is 287 g/mol. The summed E-state index contributed by atoms with van der Waals surface area (Å²) < 4.78 is 39.0. The summed E-state index contributed by atoms with van der Waals surface area (Å²) in [5.74, 6) is -0.883. The molecule has 0 saturated heterocycles. The molecule has 1 rings (SSSR count). The van der Waals surface area contributed by atoms with Crippen LogP contribution in [0.4, 0.5) is 13.2 Å². The molecule has 0 atom stereocenters. The second-order valence-corrected chi connectivity index (χ2v) is 5.02. The van der Waals surface area contributed by atoms with Gasteiger partial charge >= 0.3 is 12.3 Å². The molecule has 0 unspecified atom stereocenters. The quantitative estimate of drug-likeness (QED) is 0.643. The molecule has 0 spiro atoms. The molecule has 1 N–H and O–H groups in total. The zero-order valence-electron chi connectivity index (χ0n) is 8.36. The number of thiazole rings is 1. The van der Waals surface area contributed by atoms with Crippen molar-refractivity contribution >= 4 is 29.1 Å². The van der Waals surface area contributed by atoms with E-state index in [0.717, 1.165) is 11.8 Å². The Morgan fingerprint density at radius 2 is 2.29 bits per heavy atom.